The number of hydrogen-bond acceptors (Lipinski definition) is 9. The number of ether oxygens (including phenoxy) is 1. The highest BCUT2D eigenvalue weighted by molar-refractivity contribution is 9.10. The molecule has 0 spiro atoms. The Hall–Kier alpha value is -1.98. The van der Waals surface area contributed by atoms with Crippen LogP contribution >= 0.6 is 39.3 Å². The Balaban J connectivity index is 1.80. The molecule has 0 saturated carbocycles. The number of aromatic nitrogens is 1. The second kappa shape index (κ2) is 11.0. The highest BCUT2D eigenvalue weighted by Gasteiger charge is 2.44. The van der Waals surface area contributed by atoms with Gasteiger partial charge in [-0.25, -0.2) is 13.8 Å². The largest absolute Gasteiger partial charge is 0.397 e. The molecule has 0 amide bonds. The fraction of sp³-hybridized carbons (Fsp3) is 0.300. The van der Waals surface area contributed by atoms with Gasteiger partial charge in [-0.15, -0.1) is 0 Å². The number of rotatable bonds is 6. The fourth-order valence-corrected chi connectivity index (χ4v) is 4.85. The molecular weight excluding hydrogens is 546 g/mol. The minimum absolute atomic E-state index is 0.00363. The number of hydrogen-bond donors (Lipinski definition) is 5. The number of thioether (sulfide) groups is 1. The molecular formula is C20H18BrClF2N4O4S. The summed E-state index contributed by atoms with van der Waals surface area (Å²) >= 11 is 9.78. The molecule has 1 fully saturated rings. The molecule has 1 aliphatic heterocycles. The minimum Gasteiger partial charge on any atom is -0.397 e. The molecule has 5 atom stereocenters. The summed E-state index contributed by atoms with van der Waals surface area (Å²) in [5.74, 6) is -1.98. The molecule has 5 unspecified atom stereocenters. The number of nitrogens with zero attached hydrogens (tertiary/aromatic N) is 2. The van der Waals surface area contributed by atoms with Crippen molar-refractivity contribution >= 4 is 45.0 Å². The van der Waals surface area contributed by atoms with Crippen molar-refractivity contribution in [3.8, 4) is 6.07 Å². The van der Waals surface area contributed by atoms with Crippen LogP contribution in [0.1, 0.15) is 11.3 Å². The van der Waals surface area contributed by atoms with E-state index in [1.807, 2.05) is 6.07 Å². The van der Waals surface area contributed by atoms with Crippen LogP contribution in [-0.2, 0) is 4.74 Å². The molecule has 1 aromatic heterocycles. The molecule has 6 N–H and O–H groups in total. The Bertz CT molecular complexity index is 1080. The van der Waals surface area contributed by atoms with Crippen molar-refractivity contribution < 1.29 is 28.8 Å². The Labute approximate surface area is 205 Å². The summed E-state index contributed by atoms with van der Waals surface area (Å²) in [6.07, 6.45) is -1.08. The quantitative estimate of drug-likeness (QED) is 0.334. The Morgan fingerprint density at radius 3 is 2.58 bits per heavy atom. The van der Waals surface area contributed by atoms with Crippen molar-refractivity contribution in [3.63, 3.8) is 0 Å². The maximum absolute atomic E-state index is 13.7. The van der Waals surface area contributed by atoms with Gasteiger partial charge in [-0.05, 0) is 34.1 Å². The number of aliphatic hydroxyl groups excluding tert-OH is 3. The maximum atomic E-state index is 13.7. The zero-order chi connectivity index (χ0) is 24.3. The average molecular weight is 564 g/mol. The van der Waals surface area contributed by atoms with Crippen molar-refractivity contribution in [3.05, 3.63) is 63.0 Å². The van der Waals surface area contributed by atoms with Crippen molar-refractivity contribution in [2.75, 3.05) is 6.61 Å². The molecule has 2 heterocycles. The van der Waals surface area contributed by atoms with E-state index < -0.39 is 53.1 Å². The number of halogens is 4. The molecule has 33 heavy (non-hydrogen) atoms. The van der Waals surface area contributed by atoms with Crippen LogP contribution in [0.15, 0.2) is 40.0 Å². The van der Waals surface area contributed by atoms with Crippen molar-refractivity contribution in [2.45, 2.75) is 34.7 Å². The van der Waals surface area contributed by atoms with Gasteiger partial charge in [-0.2, -0.15) is 5.26 Å². The van der Waals surface area contributed by atoms with Crippen molar-refractivity contribution in [2.24, 2.45) is 5.73 Å². The molecule has 1 saturated heterocycles. The highest BCUT2D eigenvalue weighted by atomic mass is 79.9. The van der Waals surface area contributed by atoms with Crippen LogP contribution in [0.5, 0.6) is 0 Å². The first kappa shape index (κ1) is 25.6. The van der Waals surface area contributed by atoms with Crippen LogP contribution in [-0.4, -0.2) is 56.7 Å². The van der Waals surface area contributed by atoms with Crippen LogP contribution in [0.2, 0.25) is 5.02 Å². The first-order chi connectivity index (χ1) is 15.7. The maximum Gasteiger partial charge on any atom is 0.154 e. The number of aliphatic hydroxyl groups is 3. The minimum atomic E-state index is -1.34. The molecule has 0 bridgehead atoms. The first-order valence-corrected chi connectivity index (χ1v) is 11.4. The zero-order valence-electron chi connectivity index (χ0n) is 16.6. The summed E-state index contributed by atoms with van der Waals surface area (Å²) in [5, 5.41) is 42.0. The predicted molar refractivity (Wildman–Crippen MR) is 121 cm³/mol. The summed E-state index contributed by atoms with van der Waals surface area (Å²) in [5.41, 5.74) is 5.05. The number of nitrogens with two attached hydrogens (primary N) is 1. The highest BCUT2D eigenvalue weighted by Crippen LogP contribution is 2.34. The topological polar surface area (TPSA) is 145 Å². The molecule has 0 radical (unpaired) electrons. The lowest BCUT2D eigenvalue weighted by molar-refractivity contribution is -0.164. The van der Waals surface area contributed by atoms with E-state index in [4.69, 9.17) is 27.3 Å². The first-order valence-electron chi connectivity index (χ1n) is 9.37. The van der Waals surface area contributed by atoms with Gasteiger partial charge < -0.3 is 31.1 Å². The standard InChI is InChI=1S/C20H18BrClF2N4O4S/c21-10-3-9(5-27-14(10)4-25)33-20-19(31)17(18(30)15(7-29)32-20)28-6-13(26)8-1-11(23)16(22)12(24)2-8/h1-3,5-6,15,17-20,28-31H,7,26H2/b13-6-. The van der Waals surface area contributed by atoms with E-state index in [2.05, 4.69) is 26.2 Å². The molecule has 1 aromatic carbocycles. The van der Waals surface area contributed by atoms with E-state index in [9.17, 15) is 24.1 Å². The summed E-state index contributed by atoms with van der Waals surface area (Å²) in [7, 11) is 0. The fourth-order valence-electron chi connectivity index (χ4n) is 3.07. The van der Waals surface area contributed by atoms with Crippen LogP contribution in [0.3, 0.4) is 0 Å². The number of nitrogens with one attached hydrogen (secondary N) is 1. The molecule has 0 aliphatic carbocycles. The van der Waals surface area contributed by atoms with Gasteiger partial charge in [0.05, 0.1) is 22.8 Å². The SMILES string of the molecule is N#Cc1ncc(SC2OC(CO)C(O)C(N/C=C(\N)c3cc(F)c(Cl)c(F)c3)C2O)cc1Br. The van der Waals surface area contributed by atoms with Crippen LogP contribution in [0, 0.1) is 23.0 Å². The number of pyridine rings is 1. The third-order valence-corrected chi connectivity index (χ3v) is 6.89. The zero-order valence-corrected chi connectivity index (χ0v) is 19.8. The molecule has 1 aliphatic rings. The van der Waals surface area contributed by atoms with Gasteiger partial charge in [-0.3, -0.25) is 0 Å². The molecule has 8 nitrogen and oxygen atoms in total. The second-order valence-corrected chi connectivity index (χ2v) is 9.39. The van der Waals surface area contributed by atoms with Gasteiger partial charge in [-0.1, -0.05) is 23.4 Å². The lowest BCUT2D eigenvalue weighted by Gasteiger charge is -2.42. The Morgan fingerprint density at radius 2 is 2.00 bits per heavy atom. The lowest BCUT2D eigenvalue weighted by atomic mass is 9.97. The summed E-state index contributed by atoms with van der Waals surface area (Å²) < 4.78 is 33.5. The van der Waals surface area contributed by atoms with E-state index in [-0.39, 0.29) is 17.0 Å². The summed E-state index contributed by atoms with van der Waals surface area (Å²) in [6, 6.07) is 4.38. The molecule has 13 heteroatoms. The van der Waals surface area contributed by atoms with Gasteiger partial charge in [0, 0.05) is 22.9 Å². The van der Waals surface area contributed by atoms with Gasteiger partial charge in [0.1, 0.15) is 46.5 Å². The number of nitriles is 1. The molecule has 2 aromatic rings. The van der Waals surface area contributed by atoms with E-state index in [0.717, 1.165) is 23.9 Å². The smallest absolute Gasteiger partial charge is 0.154 e. The van der Waals surface area contributed by atoms with Crippen LogP contribution < -0.4 is 11.1 Å². The Kier molecular flexibility index (Phi) is 8.52. The molecule has 3 rings (SSSR count). The van der Waals surface area contributed by atoms with E-state index in [0.29, 0.717) is 9.37 Å². The second-order valence-electron chi connectivity index (χ2n) is 6.98. The number of benzene rings is 1. The lowest BCUT2D eigenvalue weighted by Crippen LogP contribution is -2.62. The van der Waals surface area contributed by atoms with Crippen molar-refractivity contribution in [1.29, 1.82) is 5.26 Å². The third-order valence-electron chi connectivity index (χ3n) is 4.81. The van der Waals surface area contributed by atoms with E-state index >= 15 is 0 Å². The Morgan fingerprint density at radius 1 is 1.33 bits per heavy atom. The van der Waals surface area contributed by atoms with Gasteiger partial charge in [0.25, 0.3) is 0 Å². The van der Waals surface area contributed by atoms with E-state index in [1.54, 1.807) is 6.07 Å². The monoisotopic (exact) mass is 562 g/mol. The van der Waals surface area contributed by atoms with Crippen LogP contribution in [0.4, 0.5) is 8.78 Å². The van der Waals surface area contributed by atoms with Gasteiger partial charge >= 0.3 is 0 Å². The predicted octanol–water partition coefficient (Wildman–Crippen LogP) is 2.09. The van der Waals surface area contributed by atoms with Gasteiger partial charge in [0.2, 0.25) is 0 Å². The molecule has 176 valence electrons. The summed E-state index contributed by atoms with van der Waals surface area (Å²) in [6.45, 7) is -0.536. The summed E-state index contributed by atoms with van der Waals surface area (Å²) in [4.78, 5) is 4.55. The van der Waals surface area contributed by atoms with Crippen molar-refractivity contribution in [1.82, 2.24) is 10.3 Å². The average Bonchev–Trinajstić information content (AvgIpc) is 2.78. The van der Waals surface area contributed by atoms with Crippen LogP contribution in [0.25, 0.3) is 5.70 Å². The van der Waals surface area contributed by atoms with E-state index in [1.165, 1.54) is 12.4 Å². The third kappa shape index (κ3) is 5.75. The normalized spacial score (nSPS) is 25.5. The van der Waals surface area contributed by atoms with Gasteiger partial charge in [0.15, 0.2) is 5.69 Å².